The Morgan fingerprint density at radius 2 is 2.04 bits per heavy atom. The topological polar surface area (TPSA) is 50.3 Å². The molecule has 0 N–H and O–H groups in total. The lowest BCUT2D eigenvalue weighted by Gasteiger charge is -2.09. The Morgan fingerprint density at radius 3 is 2.70 bits per heavy atom. The van der Waals surface area contributed by atoms with Crippen LogP contribution in [-0.2, 0) is 6.61 Å². The Morgan fingerprint density at radius 1 is 1.35 bits per heavy atom. The summed E-state index contributed by atoms with van der Waals surface area (Å²) in [5.74, 6) is -1.15. The number of aromatic nitrogens is 2. The Labute approximate surface area is 135 Å². The van der Waals surface area contributed by atoms with Gasteiger partial charge in [0.15, 0.2) is 11.4 Å². The highest BCUT2D eigenvalue weighted by Gasteiger charge is 2.15. The number of benzene rings is 1. The van der Waals surface area contributed by atoms with E-state index in [1.807, 2.05) is 6.07 Å². The van der Waals surface area contributed by atoms with Crippen LogP contribution >= 0.6 is 11.6 Å². The number of pyridine rings is 1. The van der Waals surface area contributed by atoms with Crippen molar-refractivity contribution in [3.63, 3.8) is 0 Å². The summed E-state index contributed by atoms with van der Waals surface area (Å²) >= 11 is 6.02. The highest BCUT2D eigenvalue weighted by molar-refractivity contribution is 6.30. The SMILES string of the molecule is Cc1nc2c(OCc3c(F)cccc3F)cc(Cl)cn2c1C#N. The molecule has 2 aromatic heterocycles. The van der Waals surface area contributed by atoms with Crippen molar-refractivity contribution in [1.29, 1.82) is 5.26 Å². The largest absolute Gasteiger partial charge is 0.485 e. The summed E-state index contributed by atoms with van der Waals surface area (Å²) in [5, 5.41) is 9.49. The molecular weight excluding hydrogens is 324 g/mol. The van der Waals surface area contributed by atoms with Crippen molar-refractivity contribution in [2.24, 2.45) is 0 Å². The van der Waals surface area contributed by atoms with Crippen LogP contribution in [0.5, 0.6) is 5.75 Å². The molecule has 0 fully saturated rings. The number of nitrogens with zero attached hydrogens (tertiary/aromatic N) is 3. The van der Waals surface area contributed by atoms with Gasteiger partial charge in [0.1, 0.15) is 30.0 Å². The van der Waals surface area contributed by atoms with Gasteiger partial charge in [-0.2, -0.15) is 5.26 Å². The summed E-state index contributed by atoms with van der Waals surface area (Å²) in [5.41, 5.74) is 1.01. The summed E-state index contributed by atoms with van der Waals surface area (Å²) in [6, 6.07) is 7.11. The summed E-state index contributed by atoms with van der Waals surface area (Å²) in [6.45, 7) is 1.36. The quantitative estimate of drug-likeness (QED) is 0.727. The molecule has 116 valence electrons. The van der Waals surface area contributed by atoms with Gasteiger partial charge in [0.25, 0.3) is 0 Å². The fraction of sp³-hybridized carbons (Fsp3) is 0.125. The van der Waals surface area contributed by atoms with E-state index in [0.717, 1.165) is 12.1 Å². The average molecular weight is 334 g/mol. The first kappa shape index (κ1) is 15.3. The second kappa shape index (κ2) is 5.86. The number of hydrogen-bond donors (Lipinski definition) is 0. The number of ether oxygens (including phenoxy) is 1. The average Bonchev–Trinajstić information content (AvgIpc) is 2.82. The highest BCUT2D eigenvalue weighted by atomic mass is 35.5. The van der Waals surface area contributed by atoms with Gasteiger partial charge >= 0.3 is 0 Å². The van der Waals surface area contributed by atoms with E-state index in [4.69, 9.17) is 16.3 Å². The lowest BCUT2D eigenvalue weighted by atomic mass is 10.2. The summed E-state index contributed by atoms with van der Waals surface area (Å²) in [6.07, 6.45) is 1.53. The van der Waals surface area contributed by atoms with Gasteiger partial charge in [0.2, 0.25) is 0 Å². The molecule has 0 bridgehead atoms. The van der Waals surface area contributed by atoms with Gasteiger partial charge in [-0.25, -0.2) is 13.8 Å². The molecule has 0 saturated carbocycles. The smallest absolute Gasteiger partial charge is 0.181 e. The van der Waals surface area contributed by atoms with Crippen molar-refractivity contribution in [1.82, 2.24) is 9.38 Å². The predicted molar refractivity (Wildman–Crippen MR) is 80.3 cm³/mol. The molecule has 0 aliphatic heterocycles. The zero-order valence-corrected chi connectivity index (χ0v) is 12.7. The Bertz CT molecular complexity index is 926. The van der Waals surface area contributed by atoms with Gasteiger partial charge in [0.05, 0.1) is 16.3 Å². The van der Waals surface area contributed by atoms with Gasteiger partial charge in [-0.1, -0.05) is 17.7 Å². The van der Waals surface area contributed by atoms with E-state index in [-0.39, 0.29) is 17.9 Å². The second-order valence-electron chi connectivity index (χ2n) is 4.86. The van der Waals surface area contributed by atoms with E-state index in [1.165, 1.54) is 22.7 Å². The number of nitriles is 1. The van der Waals surface area contributed by atoms with Crippen LogP contribution in [0.15, 0.2) is 30.5 Å². The van der Waals surface area contributed by atoms with Crippen molar-refractivity contribution in [2.75, 3.05) is 0 Å². The third kappa shape index (κ3) is 2.71. The van der Waals surface area contributed by atoms with Gasteiger partial charge in [-0.3, -0.25) is 4.40 Å². The summed E-state index contributed by atoms with van der Waals surface area (Å²) < 4.78 is 34.3. The molecule has 3 aromatic rings. The molecular formula is C16H10ClF2N3O. The standard InChI is InChI=1S/C16H10ClF2N3O/c1-9-14(6-20)22-7-10(17)5-15(16(22)21-9)23-8-11-12(18)3-2-4-13(11)19/h2-5,7H,8H2,1H3. The number of imidazole rings is 1. The van der Waals surface area contributed by atoms with Crippen LogP contribution in [0.25, 0.3) is 5.65 Å². The molecule has 23 heavy (non-hydrogen) atoms. The molecule has 4 nitrogen and oxygen atoms in total. The number of aryl methyl sites for hydroxylation is 1. The molecule has 2 heterocycles. The number of halogens is 3. The van der Waals surface area contributed by atoms with Gasteiger partial charge in [-0.15, -0.1) is 0 Å². The van der Waals surface area contributed by atoms with Crippen LogP contribution in [0, 0.1) is 29.9 Å². The lowest BCUT2D eigenvalue weighted by Crippen LogP contribution is -2.03. The number of fused-ring (bicyclic) bond motifs is 1. The van der Waals surface area contributed by atoms with Crippen molar-refractivity contribution in [2.45, 2.75) is 13.5 Å². The zero-order valence-electron chi connectivity index (χ0n) is 12.0. The van der Waals surface area contributed by atoms with Crippen LogP contribution in [0.3, 0.4) is 0 Å². The highest BCUT2D eigenvalue weighted by Crippen LogP contribution is 2.27. The van der Waals surface area contributed by atoms with E-state index in [1.54, 1.807) is 6.92 Å². The number of rotatable bonds is 3. The fourth-order valence-electron chi connectivity index (χ4n) is 2.26. The van der Waals surface area contributed by atoms with Crippen molar-refractivity contribution in [3.05, 3.63) is 64.1 Å². The first-order chi connectivity index (χ1) is 11.0. The Balaban J connectivity index is 2.02. The van der Waals surface area contributed by atoms with Crippen molar-refractivity contribution < 1.29 is 13.5 Å². The zero-order chi connectivity index (χ0) is 16.6. The van der Waals surface area contributed by atoms with E-state index < -0.39 is 11.6 Å². The van der Waals surface area contributed by atoms with Gasteiger partial charge < -0.3 is 4.74 Å². The van der Waals surface area contributed by atoms with Crippen LogP contribution < -0.4 is 4.74 Å². The molecule has 0 radical (unpaired) electrons. The molecule has 0 aliphatic carbocycles. The van der Waals surface area contributed by atoms with Gasteiger partial charge in [0, 0.05) is 12.3 Å². The Hall–Kier alpha value is -2.65. The molecule has 0 unspecified atom stereocenters. The second-order valence-corrected chi connectivity index (χ2v) is 5.30. The minimum Gasteiger partial charge on any atom is -0.485 e. The van der Waals surface area contributed by atoms with Crippen molar-refractivity contribution >= 4 is 17.2 Å². The third-order valence-corrected chi connectivity index (χ3v) is 3.57. The maximum atomic E-state index is 13.7. The molecule has 0 atom stereocenters. The maximum Gasteiger partial charge on any atom is 0.181 e. The third-order valence-electron chi connectivity index (χ3n) is 3.37. The molecule has 0 amide bonds. The van der Waals surface area contributed by atoms with Crippen LogP contribution in [0.2, 0.25) is 5.02 Å². The molecule has 3 rings (SSSR count). The van der Waals surface area contributed by atoms with Crippen LogP contribution in [0.4, 0.5) is 8.78 Å². The van der Waals surface area contributed by atoms with Crippen molar-refractivity contribution in [3.8, 4) is 11.8 Å². The monoisotopic (exact) mass is 333 g/mol. The fourth-order valence-corrected chi connectivity index (χ4v) is 2.45. The van der Waals surface area contributed by atoms with Gasteiger partial charge in [-0.05, 0) is 19.1 Å². The predicted octanol–water partition coefficient (Wildman–Crippen LogP) is 4.03. The van der Waals surface area contributed by atoms with Crippen LogP contribution in [-0.4, -0.2) is 9.38 Å². The number of hydrogen-bond acceptors (Lipinski definition) is 3. The molecule has 7 heteroatoms. The first-order valence-electron chi connectivity index (χ1n) is 6.65. The Kier molecular flexibility index (Phi) is 3.89. The summed E-state index contributed by atoms with van der Waals surface area (Å²) in [7, 11) is 0. The first-order valence-corrected chi connectivity index (χ1v) is 7.03. The molecule has 1 aromatic carbocycles. The maximum absolute atomic E-state index is 13.7. The minimum absolute atomic E-state index is 0.186. The molecule has 0 aliphatic rings. The minimum atomic E-state index is -0.694. The normalized spacial score (nSPS) is 10.7. The van der Waals surface area contributed by atoms with E-state index in [9.17, 15) is 14.0 Å². The molecule has 0 saturated heterocycles. The lowest BCUT2D eigenvalue weighted by molar-refractivity contribution is 0.294. The van der Waals surface area contributed by atoms with E-state index in [2.05, 4.69) is 4.98 Å². The summed E-state index contributed by atoms with van der Waals surface area (Å²) in [4.78, 5) is 4.25. The van der Waals surface area contributed by atoms with E-state index in [0.29, 0.717) is 22.1 Å². The van der Waals surface area contributed by atoms with Crippen LogP contribution in [0.1, 0.15) is 17.0 Å². The van der Waals surface area contributed by atoms with E-state index >= 15 is 0 Å². The molecule has 0 spiro atoms.